The average molecular weight is 326 g/mol. The van der Waals surface area contributed by atoms with Crippen LogP contribution in [0.5, 0.6) is 0 Å². The maximum absolute atomic E-state index is 13.0. The summed E-state index contributed by atoms with van der Waals surface area (Å²) < 4.78 is 0. The first-order valence-electron chi connectivity index (χ1n) is 8.00. The van der Waals surface area contributed by atoms with E-state index in [2.05, 4.69) is 25.4 Å². The van der Waals surface area contributed by atoms with E-state index in [-0.39, 0.29) is 17.9 Å². The molecule has 1 aromatic heterocycles. The fourth-order valence-electron chi connectivity index (χ4n) is 3.34. The summed E-state index contributed by atoms with van der Waals surface area (Å²) >= 11 is 0. The number of fused-ring (bicyclic) bond motifs is 1. The highest BCUT2D eigenvalue weighted by Crippen LogP contribution is 2.22. The van der Waals surface area contributed by atoms with Gasteiger partial charge < -0.3 is 10.2 Å². The molecular formula is C16H18N6O2. The number of nitrogens with zero attached hydrogens (tertiary/aromatic N) is 4. The molecule has 1 aromatic carbocycles. The number of carbonyl (C=O) groups is 2. The number of H-pyrrole nitrogens is 1. The number of nitrogens with one attached hydrogen (secondary N) is 2. The van der Waals surface area contributed by atoms with E-state index < -0.39 is 0 Å². The van der Waals surface area contributed by atoms with E-state index in [4.69, 9.17) is 0 Å². The van der Waals surface area contributed by atoms with Gasteiger partial charge in [0.25, 0.3) is 5.91 Å². The number of rotatable bonds is 2. The van der Waals surface area contributed by atoms with Crippen molar-refractivity contribution in [1.29, 1.82) is 0 Å². The minimum absolute atomic E-state index is 0.00210. The fraction of sp³-hybridized carbons (Fsp3) is 0.375. The van der Waals surface area contributed by atoms with Crippen molar-refractivity contribution >= 4 is 11.8 Å². The monoisotopic (exact) mass is 326 g/mol. The number of aromatic nitrogens is 3. The summed E-state index contributed by atoms with van der Waals surface area (Å²) in [5.41, 5.74) is 1.29. The van der Waals surface area contributed by atoms with Crippen molar-refractivity contribution in [2.24, 2.45) is 0 Å². The van der Waals surface area contributed by atoms with Gasteiger partial charge in [0, 0.05) is 38.3 Å². The lowest BCUT2D eigenvalue weighted by molar-refractivity contribution is -0.131. The van der Waals surface area contributed by atoms with Crippen LogP contribution >= 0.6 is 0 Å². The van der Waals surface area contributed by atoms with Crippen LogP contribution in [0.2, 0.25) is 0 Å². The Kier molecular flexibility index (Phi) is 3.73. The maximum Gasteiger partial charge on any atom is 0.254 e. The van der Waals surface area contributed by atoms with Crippen LogP contribution in [0.1, 0.15) is 10.4 Å². The van der Waals surface area contributed by atoms with Crippen molar-refractivity contribution in [3.63, 3.8) is 0 Å². The number of piperazine rings is 2. The molecule has 1 atom stereocenters. The molecule has 0 spiro atoms. The molecule has 2 aromatic rings. The van der Waals surface area contributed by atoms with Crippen molar-refractivity contribution in [2.45, 2.75) is 6.04 Å². The van der Waals surface area contributed by atoms with Gasteiger partial charge in [-0.25, -0.2) is 4.98 Å². The van der Waals surface area contributed by atoms with Gasteiger partial charge >= 0.3 is 0 Å². The zero-order valence-corrected chi connectivity index (χ0v) is 13.1. The molecule has 3 heterocycles. The first-order valence-corrected chi connectivity index (χ1v) is 8.00. The predicted molar refractivity (Wildman–Crippen MR) is 86.1 cm³/mol. The van der Waals surface area contributed by atoms with Crippen LogP contribution in [0.15, 0.2) is 30.6 Å². The van der Waals surface area contributed by atoms with Crippen LogP contribution in [0.25, 0.3) is 11.4 Å². The second-order valence-corrected chi connectivity index (χ2v) is 5.97. The largest absolute Gasteiger partial charge is 0.353 e. The summed E-state index contributed by atoms with van der Waals surface area (Å²) in [4.78, 5) is 33.1. The molecule has 0 aliphatic carbocycles. The summed E-state index contributed by atoms with van der Waals surface area (Å²) in [5, 5.41) is 9.53. The molecule has 2 aliphatic heterocycles. The minimum atomic E-state index is -0.256. The molecule has 2 saturated heterocycles. The van der Waals surface area contributed by atoms with Gasteiger partial charge in [0.05, 0.1) is 5.56 Å². The van der Waals surface area contributed by atoms with E-state index in [1.54, 1.807) is 11.0 Å². The predicted octanol–water partition coefficient (Wildman–Crippen LogP) is -0.272. The molecule has 124 valence electrons. The Labute approximate surface area is 138 Å². The smallest absolute Gasteiger partial charge is 0.254 e. The molecule has 2 fully saturated rings. The van der Waals surface area contributed by atoms with Gasteiger partial charge in [-0.15, -0.1) is 0 Å². The van der Waals surface area contributed by atoms with Crippen molar-refractivity contribution in [2.75, 3.05) is 32.7 Å². The van der Waals surface area contributed by atoms with Crippen LogP contribution in [-0.2, 0) is 4.79 Å². The van der Waals surface area contributed by atoms with Gasteiger partial charge in [-0.3, -0.25) is 19.6 Å². The number of amides is 2. The van der Waals surface area contributed by atoms with Crippen molar-refractivity contribution in [3.05, 3.63) is 36.2 Å². The van der Waals surface area contributed by atoms with E-state index in [0.29, 0.717) is 37.6 Å². The third kappa shape index (κ3) is 2.54. The Hall–Kier alpha value is -2.74. The topological polar surface area (TPSA) is 94.2 Å². The van der Waals surface area contributed by atoms with Gasteiger partial charge in [0.15, 0.2) is 5.82 Å². The lowest BCUT2D eigenvalue weighted by atomic mass is 10.0. The van der Waals surface area contributed by atoms with Crippen LogP contribution in [0.3, 0.4) is 0 Å². The summed E-state index contributed by atoms with van der Waals surface area (Å²) in [6.45, 7) is 3.27. The highest BCUT2D eigenvalue weighted by Gasteiger charge is 2.36. The van der Waals surface area contributed by atoms with Crippen molar-refractivity contribution in [1.82, 2.24) is 30.3 Å². The highest BCUT2D eigenvalue weighted by molar-refractivity contribution is 6.00. The van der Waals surface area contributed by atoms with E-state index in [1.165, 1.54) is 6.33 Å². The Bertz CT molecular complexity index is 760. The number of benzene rings is 1. The van der Waals surface area contributed by atoms with Crippen LogP contribution < -0.4 is 5.32 Å². The third-order valence-corrected chi connectivity index (χ3v) is 4.61. The average Bonchev–Trinajstić information content (AvgIpc) is 3.16. The lowest BCUT2D eigenvalue weighted by Gasteiger charge is -2.43. The number of hydrogen-bond donors (Lipinski definition) is 2. The molecule has 4 rings (SSSR count). The molecule has 0 bridgehead atoms. The highest BCUT2D eigenvalue weighted by atomic mass is 16.2. The molecule has 0 saturated carbocycles. The third-order valence-electron chi connectivity index (χ3n) is 4.61. The molecule has 0 radical (unpaired) electrons. The second kappa shape index (κ2) is 6.04. The molecule has 8 heteroatoms. The molecule has 8 nitrogen and oxygen atoms in total. The van der Waals surface area contributed by atoms with E-state index in [0.717, 1.165) is 12.1 Å². The van der Waals surface area contributed by atoms with Crippen LogP contribution in [-0.4, -0.2) is 75.6 Å². The summed E-state index contributed by atoms with van der Waals surface area (Å²) in [6.07, 6.45) is 1.42. The maximum atomic E-state index is 13.0. The second-order valence-electron chi connectivity index (χ2n) is 5.97. The minimum Gasteiger partial charge on any atom is -0.353 e. The van der Waals surface area contributed by atoms with Gasteiger partial charge in [-0.2, -0.15) is 5.10 Å². The molecule has 2 aliphatic rings. The Morgan fingerprint density at radius 1 is 1.21 bits per heavy atom. The first-order chi connectivity index (χ1) is 11.7. The normalized spacial score (nSPS) is 21.2. The van der Waals surface area contributed by atoms with Gasteiger partial charge in [-0.1, -0.05) is 18.2 Å². The fourth-order valence-corrected chi connectivity index (χ4v) is 3.34. The summed E-state index contributed by atoms with van der Waals surface area (Å²) in [5.74, 6) is 0.482. The van der Waals surface area contributed by atoms with Gasteiger partial charge in [0.2, 0.25) is 5.91 Å². The quantitative estimate of drug-likeness (QED) is 0.792. The Morgan fingerprint density at radius 2 is 2.08 bits per heavy atom. The van der Waals surface area contributed by atoms with Gasteiger partial charge in [-0.05, 0) is 6.07 Å². The first kappa shape index (κ1) is 14.8. The summed E-state index contributed by atoms with van der Waals surface area (Å²) in [6, 6.07) is 7.07. The molecule has 2 N–H and O–H groups in total. The molecular weight excluding hydrogens is 308 g/mol. The Balaban J connectivity index is 1.60. The van der Waals surface area contributed by atoms with E-state index >= 15 is 0 Å². The van der Waals surface area contributed by atoms with Crippen molar-refractivity contribution < 1.29 is 9.59 Å². The standard InChI is InChI=1S/C16H18N6O2/c23-15-13-9-22(8-7-21(13)6-5-17-15)16(24)12-4-2-1-3-11(12)14-18-10-19-20-14/h1-4,10,13H,5-9H2,(H,17,23)(H,18,19,20)/t13-/m1/s1. The Morgan fingerprint density at radius 3 is 2.92 bits per heavy atom. The number of hydrogen-bond acceptors (Lipinski definition) is 5. The lowest BCUT2D eigenvalue weighted by Crippen LogP contribution is -2.64. The number of aromatic amines is 1. The summed E-state index contributed by atoms with van der Waals surface area (Å²) in [7, 11) is 0. The van der Waals surface area contributed by atoms with Crippen molar-refractivity contribution in [3.8, 4) is 11.4 Å². The molecule has 24 heavy (non-hydrogen) atoms. The molecule has 0 unspecified atom stereocenters. The SMILES string of the molecule is O=C1NCCN2CCN(C(=O)c3ccccc3-c3ncn[nH]3)C[C@H]12. The zero-order chi connectivity index (χ0) is 16.5. The zero-order valence-electron chi connectivity index (χ0n) is 13.1. The van der Waals surface area contributed by atoms with E-state index in [9.17, 15) is 9.59 Å². The van der Waals surface area contributed by atoms with E-state index in [1.807, 2.05) is 18.2 Å². The van der Waals surface area contributed by atoms with Gasteiger partial charge in [0.1, 0.15) is 12.4 Å². The molecule has 2 amide bonds. The number of carbonyl (C=O) groups excluding carboxylic acids is 2. The van der Waals surface area contributed by atoms with Crippen LogP contribution in [0, 0.1) is 0 Å². The van der Waals surface area contributed by atoms with Crippen LogP contribution in [0.4, 0.5) is 0 Å².